The first-order valence-electron chi connectivity index (χ1n) is 9.38. The molecule has 0 unspecified atom stereocenters. The van der Waals surface area contributed by atoms with E-state index in [1.165, 1.54) is 18.3 Å². The third-order valence-corrected chi connectivity index (χ3v) is 5.13. The summed E-state index contributed by atoms with van der Waals surface area (Å²) >= 11 is 3.45. The fourth-order valence-electron chi connectivity index (χ4n) is 2.86. The van der Waals surface area contributed by atoms with Crippen molar-refractivity contribution >= 4 is 33.7 Å². The number of fused-ring (bicyclic) bond motifs is 1. The number of rotatable bonds is 7. The Kier molecular flexibility index (Phi) is 6.31. The molecule has 0 fully saturated rings. The van der Waals surface area contributed by atoms with Crippen LogP contribution in [0.2, 0.25) is 0 Å². The Morgan fingerprint density at radius 2 is 1.91 bits per heavy atom. The summed E-state index contributed by atoms with van der Waals surface area (Å²) in [5.74, 6) is 1.35. The number of amides is 1. The number of carbonyl (C=O) groups is 1. The van der Waals surface area contributed by atoms with Crippen LogP contribution in [0.25, 0.3) is 0 Å². The smallest absolute Gasteiger partial charge is 0.271 e. The molecule has 0 saturated carbocycles. The number of ether oxygens (including phenoxy) is 3. The van der Waals surface area contributed by atoms with Crippen LogP contribution in [0.4, 0.5) is 5.69 Å². The van der Waals surface area contributed by atoms with Crippen LogP contribution in [0.1, 0.15) is 21.5 Å². The molecule has 0 radical (unpaired) electrons. The summed E-state index contributed by atoms with van der Waals surface area (Å²) in [5, 5.41) is 14.7. The second kappa shape index (κ2) is 9.48. The Hall–Kier alpha value is -3.92. The molecule has 0 aromatic heterocycles. The van der Waals surface area contributed by atoms with E-state index in [0.717, 1.165) is 11.1 Å². The van der Waals surface area contributed by atoms with Gasteiger partial charge in [-0.2, -0.15) is 5.10 Å². The highest BCUT2D eigenvalue weighted by Gasteiger charge is 2.16. The Balaban J connectivity index is 1.33. The number of halogens is 1. The zero-order valence-corrected chi connectivity index (χ0v) is 18.1. The van der Waals surface area contributed by atoms with Crippen LogP contribution in [0.3, 0.4) is 0 Å². The Labute approximate surface area is 190 Å². The van der Waals surface area contributed by atoms with Crippen molar-refractivity contribution in [2.24, 2.45) is 5.10 Å². The van der Waals surface area contributed by atoms with Gasteiger partial charge in [0.1, 0.15) is 12.4 Å². The number of nitrogens with one attached hydrogen (secondary N) is 1. The molecule has 4 rings (SSSR count). The molecular formula is C22H16BrN3O6. The number of nitrogens with zero attached hydrogens (tertiary/aromatic N) is 2. The lowest BCUT2D eigenvalue weighted by Crippen LogP contribution is -2.17. The molecule has 9 nitrogen and oxygen atoms in total. The molecule has 0 spiro atoms. The van der Waals surface area contributed by atoms with Gasteiger partial charge in [0.25, 0.3) is 11.6 Å². The lowest BCUT2D eigenvalue weighted by Gasteiger charge is -2.09. The van der Waals surface area contributed by atoms with Gasteiger partial charge < -0.3 is 14.2 Å². The van der Waals surface area contributed by atoms with Crippen LogP contribution in [0.15, 0.2) is 70.2 Å². The van der Waals surface area contributed by atoms with Gasteiger partial charge in [-0.1, -0.05) is 0 Å². The molecule has 1 N–H and O–H groups in total. The number of benzene rings is 3. The van der Waals surface area contributed by atoms with Gasteiger partial charge in [0.15, 0.2) is 11.5 Å². The molecule has 1 amide bonds. The first kappa shape index (κ1) is 21.3. The Morgan fingerprint density at radius 3 is 2.66 bits per heavy atom. The molecule has 0 atom stereocenters. The number of hydrogen-bond donors (Lipinski definition) is 1. The number of nitro benzene ring substituents is 1. The van der Waals surface area contributed by atoms with Crippen LogP contribution < -0.4 is 19.6 Å². The van der Waals surface area contributed by atoms with Gasteiger partial charge in [0, 0.05) is 17.7 Å². The van der Waals surface area contributed by atoms with Gasteiger partial charge in [-0.05, 0) is 75.6 Å². The van der Waals surface area contributed by atoms with Gasteiger partial charge in [-0.15, -0.1) is 0 Å². The summed E-state index contributed by atoms with van der Waals surface area (Å²) in [6.45, 7) is 0.399. The molecule has 0 saturated heterocycles. The Morgan fingerprint density at radius 1 is 1.12 bits per heavy atom. The van der Waals surface area contributed by atoms with E-state index in [1.807, 2.05) is 0 Å². The molecule has 162 valence electrons. The normalized spacial score (nSPS) is 12.0. The minimum atomic E-state index is -0.445. The topological polar surface area (TPSA) is 112 Å². The minimum absolute atomic E-state index is 0.0317. The maximum absolute atomic E-state index is 12.2. The van der Waals surface area contributed by atoms with Gasteiger partial charge in [-0.3, -0.25) is 14.9 Å². The van der Waals surface area contributed by atoms with Crippen LogP contribution in [-0.2, 0) is 6.61 Å². The SMILES string of the molecule is O=C(N/N=C\c1ccc(OCc2ccc([N+](=O)[O-])cc2)c(Br)c1)c1ccc2c(c1)OCO2. The van der Waals surface area contributed by atoms with Crippen LogP contribution in [-0.4, -0.2) is 23.8 Å². The van der Waals surface area contributed by atoms with Crippen LogP contribution in [0.5, 0.6) is 17.2 Å². The predicted octanol–water partition coefficient (Wildman–Crippen LogP) is 4.43. The van der Waals surface area contributed by atoms with E-state index in [9.17, 15) is 14.9 Å². The minimum Gasteiger partial charge on any atom is -0.488 e. The monoisotopic (exact) mass is 497 g/mol. The fraction of sp³-hybridized carbons (Fsp3) is 0.0909. The van der Waals surface area contributed by atoms with Crippen molar-refractivity contribution in [3.63, 3.8) is 0 Å². The summed E-state index contributed by atoms with van der Waals surface area (Å²) in [5.41, 5.74) is 4.45. The lowest BCUT2D eigenvalue weighted by molar-refractivity contribution is -0.384. The number of nitro groups is 1. The van der Waals surface area contributed by atoms with Crippen molar-refractivity contribution in [2.45, 2.75) is 6.61 Å². The zero-order valence-electron chi connectivity index (χ0n) is 16.5. The van der Waals surface area contributed by atoms with Crippen molar-refractivity contribution < 1.29 is 23.9 Å². The van der Waals surface area contributed by atoms with Gasteiger partial charge in [0.05, 0.1) is 15.6 Å². The second-order valence-corrected chi connectivity index (χ2v) is 7.52. The van der Waals surface area contributed by atoms with Crippen molar-refractivity contribution in [2.75, 3.05) is 6.79 Å². The third-order valence-electron chi connectivity index (χ3n) is 4.51. The molecule has 0 bridgehead atoms. The van der Waals surface area contributed by atoms with E-state index in [-0.39, 0.29) is 25.0 Å². The highest BCUT2D eigenvalue weighted by molar-refractivity contribution is 9.10. The third kappa shape index (κ3) is 5.03. The van der Waals surface area contributed by atoms with E-state index >= 15 is 0 Å². The first-order chi connectivity index (χ1) is 15.5. The molecular weight excluding hydrogens is 482 g/mol. The van der Waals surface area contributed by atoms with Crippen molar-refractivity contribution in [3.8, 4) is 17.2 Å². The number of hydrazone groups is 1. The average Bonchev–Trinajstić information content (AvgIpc) is 3.26. The highest BCUT2D eigenvalue weighted by Crippen LogP contribution is 2.32. The fourth-order valence-corrected chi connectivity index (χ4v) is 3.37. The molecule has 0 aliphatic carbocycles. The van der Waals surface area contributed by atoms with Crippen molar-refractivity contribution in [1.82, 2.24) is 5.43 Å². The predicted molar refractivity (Wildman–Crippen MR) is 119 cm³/mol. The van der Waals surface area contributed by atoms with Crippen LogP contribution in [0, 0.1) is 10.1 Å². The average molecular weight is 498 g/mol. The van der Waals surface area contributed by atoms with E-state index < -0.39 is 4.92 Å². The molecule has 1 aliphatic heterocycles. The summed E-state index contributed by atoms with van der Waals surface area (Å²) < 4.78 is 17.0. The molecule has 3 aromatic carbocycles. The lowest BCUT2D eigenvalue weighted by atomic mass is 10.2. The maximum atomic E-state index is 12.2. The van der Waals surface area contributed by atoms with Gasteiger partial charge in [-0.25, -0.2) is 5.43 Å². The molecule has 3 aromatic rings. The van der Waals surface area contributed by atoms with E-state index in [4.69, 9.17) is 14.2 Å². The number of hydrogen-bond acceptors (Lipinski definition) is 7. The molecule has 32 heavy (non-hydrogen) atoms. The maximum Gasteiger partial charge on any atom is 0.271 e. The zero-order chi connectivity index (χ0) is 22.5. The number of non-ortho nitro benzene ring substituents is 1. The molecule has 1 aliphatic rings. The summed E-state index contributed by atoms with van der Waals surface area (Å²) in [6, 6.07) is 16.4. The van der Waals surface area contributed by atoms with Crippen LogP contribution >= 0.6 is 15.9 Å². The summed E-state index contributed by atoms with van der Waals surface area (Å²) in [4.78, 5) is 22.5. The van der Waals surface area contributed by atoms with Gasteiger partial charge in [0.2, 0.25) is 6.79 Å². The largest absolute Gasteiger partial charge is 0.488 e. The Bertz CT molecular complexity index is 1200. The van der Waals surface area contributed by atoms with E-state index in [0.29, 0.717) is 27.3 Å². The quantitative estimate of drug-likeness (QED) is 0.293. The van der Waals surface area contributed by atoms with Gasteiger partial charge >= 0.3 is 0 Å². The molecule has 1 heterocycles. The first-order valence-corrected chi connectivity index (χ1v) is 10.2. The van der Waals surface area contributed by atoms with E-state index in [2.05, 4.69) is 26.5 Å². The van der Waals surface area contributed by atoms with Crippen molar-refractivity contribution in [1.29, 1.82) is 0 Å². The highest BCUT2D eigenvalue weighted by atomic mass is 79.9. The molecule has 10 heteroatoms. The van der Waals surface area contributed by atoms with E-state index in [1.54, 1.807) is 48.5 Å². The summed E-state index contributed by atoms with van der Waals surface area (Å²) in [7, 11) is 0. The van der Waals surface area contributed by atoms with Crippen molar-refractivity contribution in [3.05, 3.63) is 91.9 Å². The standard InChI is InChI=1S/C22H16BrN3O6/c23-18-9-15(3-7-19(18)30-12-14-1-5-17(6-2-14)26(28)29)11-24-25-22(27)16-4-8-20-21(10-16)32-13-31-20/h1-11H,12-13H2,(H,25,27)/b24-11-. The second-order valence-electron chi connectivity index (χ2n) is 6.67. The number of carbonyl (C=O) groups excluding carboxylic acids is 1. The summed E-state index contributed by atoms with van der Waals surface area (Å²) in [6.07, 6.45) is 1.51.